The maximum absolute atomic E-state index is 12.5. The van der Waals surface area contributed by atoms with Crippen molar-refractivity contribution in [1.82, 2.24) is 0 Å². The van der Waals surface area contributed by atoms with Gasteiger partial charge in [-0.2, -0.15) is 0 Å². The van der Waals surface area contributed by atoms with E-state index in [0.717, 1.165) is 11.8 Å². The number of amides is 1. The summed E-state index contributed by atoms with van der Waals surface area (Å²) in [6.07, 6.45) is 1.16. The highest BCUT2D eigenvalue weighted by molar-refractivity contribution is 7.90. The zero-order valence-corrected chi connectivity index (χ0v) is 15.7. The predicted molar refractivity (Wildman–Crippen MR) is 103 cm³/mol. The SMILES string of the molecule is CC(C(=O)Nc1cccc(OCCS(C)(=O)=O)c1)C(N)c1ccccc1. The van der Waals surface area contributed by atoms with Crippen LogP contribution >= 0.6 is 0 Å². The highest BCUT2D eigenvalue weighted by Crippen LogP contribution is 2.22. The molecule has 7 heteroatoms. The van der Waals surface area contributed by atoms with Crippen LogP contribution in [0.15, 0.2) is 54.6 Å². The Labute approximate surface area is 154 Å². The monoisotopic (exact) mass is 376 g/mol. The Morgan fingerprint density at radius 3 is 2.50 bits per heavy atom. The number of benzene rings is 2. The molecule has 3 N–H and O–H groups in total. The summed E-state index contributed by atoms with van der Waals surface area (Å²) >= 11 is 0. The lowest BCUT2D eigenvalue weighted by Gasteiger charge is -2.20. The molecule has 140 valence electrons. The maximum atomic E-state index is 12.5. The highest BCUT2D eigenvalue weighted by Gasteiger charge is 2.22. The topological polar surface area (TPSA) is 98.5 Å². The predicted octanol–water partition coefficient (Wildman–Crippen LogP) is 2.38. The van der Waals surface area contributed by atoms with Crippen LogP contribution < -0.4 is 15.8 Å². The molecule has 1 amide bonds. The van der Waals surface area contributed by atoms with Gasteiger partial charge >= 0.3 is 0 Å². The van der Waals surface area contributed by atoms with E-state index in [2.05, 4.69) is 5.32 Å². The molecule has 0 heterocycles. The van der Waals surface area contributed by atoms with Crippen LogP contribution in [-0.4, -0.2) is 32.9 Å². The fraction of sp³-hybridized carbons (Fsp3) is 0.316. The van der Waals surface area contributed by atoms with Gasteiger partial charge in [0.15, 0.2) is 9.84 Å². The van der Waals surface area contributed by atoms with Gasteiger partial charge in [-0.1, -0.05) is 43.3 Å². The van der Waals surface area contributed by atoms with Crippen molar-refractivity contribution in [2.75, 3.05) is 23.9 Å². The lowest BCUT2D eigenvalue weighted by atomic mass is 9.94. The lowest BCUT2D eigenvalue weighted by Crippen LogP contribution is -2.30. The molecule has 2 aromatic carbocycles. The van der Waals surface area contributed by atoms with Crippen molar-refractivity contribution in [1.29, 1.82) is 0 Å². The van der Waals surface area contributed by atoms with E-state index in [0.29, 0.717) is 11.4 Å². The number of nitrogens with two attached hydrogens (primary N) is 1. The number of carbonyl (C=O) groups is 1. The van der Waals surface area contributed by atoms with Gasteiger partial charge < -0.3 is 15.8 Å². The molecule has 0 fully saturated rings. The van der Waals surface area contributed by atoms with Gasteiger partial charge in [0.2, 0.25) is 5.91 Å². The van der Waals surface area contributed by atoms with Crippen molar-refractivity contribution in [3.05, 3.63) is 60.2 Å². The number of ether oxygens (including phenoxy) is 1. The van der Waals surface area contributed by atoms with E-state index in [1.165, 1.54) is 0 Å². The van der Waals surface area contributed by atoms with E-state index in [1.54, 1.807) is 31.2 Å². The molecule has 0 spiro atoms. The van der Waals surface area contributed by atoms with Crippen molar-refractivity contribution in [2.45, 2.75) is 13.0 Å². The average molecular weight is 376 g/mol. The van der Waals surface area contributed by atoms with E-state index >= 15 is 0 Å². The standard InChI is InChI=1S/C19H24N2O4S/c1-14(18(20)15-7-4-3-5-8-15)19(22)21-16-9-6-10-17(13-16)25-11-12-26(2,23)24/h3-10,13-14,18H,11-12,20H2,1-2H3,(H,21,22). The summed E-state index contributed by atoms with van der Waals surface area (Å²) in [4.78, 5) is 12.5. The normalized spacial score (nSPS) is 13.7. The van der Waals surface area contributed by atoms with Crippen LogP contribution in [-0.2, 0) is 14.6 Å². The van der Waals surface area contributed by atoms with Gasteiger partial charge in [0.05, 0.1) is 11.7 Å². The summed E-state index contributed by atoms with van der Waals surface area (Å²) in [5.41, 5.74) is 7.65. The van der Waals surface area contributed by atoms with Gasteiger partial charge in [-0.3, -0.25) is 4.79 Å². The van der Waals surface area contributed by atoms with Crippen LogP contribution in [0.2, 0.25) is 0 Å². The van der Waals surface area contributed by atoms with Gasteiger partial charge in [0.1, 0.15) is 12.4 Å². The smallest absolute Gasteiger partial charge is 0.229 e. The van der Waals surface area contributed by atoms with Crippen LogP contribution in [0.3, 0.4) is 0 Å². The third-order valence-corrected chi connectivity index (χ3v) is 4.87. The summed E-state index contributed by atoms with van der Waals surface area (Å²) in [7, 11) is -3.08. The van der Waals surface area contributed by atoms with Crippen molar-refractivity contribution in [3.8, 4) is 5.75 Å². The molecule has 2 aromatic rings. The molecule has 0 radical (unpaired) electrons. The molecule has 0 saturated heterocycles. The fourth-order valence-corrected chi connectivity index (χ4v) is 2.74. The largest absolute Gasteiger partial charge is 0.492 e. The maximum Gasteiger partial charge on any atom is 0.229 e. The molecule has 0 aliphatic rings. The minimum atomic E-state index is -3.08. The Morgan fingerprint density at radius 1 is 1.15 bits per heavy atom. The minimum absolute atomic E-state index is 0.0610. The molecule has 0 aliphatic carbocycles. The van der Waals surface area contributed by atoms with Crippen LogP contribution in [0, 0.1) is 5.92 Å². The minimum Gasteiger partial charge on any atom is -0.492 e. The molecule has 6 nitrogen and oxygen atoms in total. The fourth-order valence-electron chi connectivity index (χ4n) is 2.36. The van der Waals surface area contributed by atoms with E-state index in [1.807, 2.05) is 30.3 Å². The number of hydrogen-bond acceptors (Lipinski definition) is 5. The van der Waals surface area contributed by atoms with Crippen LogP contribution in [0.1, 0.15) is 18.5 Å². The zero-order chi connectivity index (χ0) is 19.2. The molecule has 0 aliphatic heterocycles. The van der Waals surface area contributed by atoms with E-state index in [4.69, 9.17) is 10.5 Å². The van der Waals surface area contributed by atoms with Crippen molar-refractivity contribution in [3.63, 3.8) is 0 Å². The molecule has 2 atom stereocenters. The van der Waals surface area contributed by atoms with E-state index in [9.17, 15) is 13.2 Å². The number of sulfone groups is 1. The van der Waals surface area contributed by atoms with Crippen molar-refractivity contribution >= 4 is 21.4 Å². The van der Waals surface area contributed by atoms with Gasteiger partial charge in [-0.15, -0.1) is 0 Å². The molecule has 0 aromatic heterocycles. The number of rotatable bonds is 8. The molecule has 0 bridgehead atoms. The second-order valence-corrected chi connectivity index (χ2v) is 8.48. The Morgan fingerprint density at radius 2 is 1.85 bits per heavy atom. The molecule has 0 saturated carbocycles. The summed E-state index contributed by atoms with van der Waals surface area (Å²) < 4.78 is 27.7. The summed E-state index contributed by atoms with van der Waals surface area (Å²) in [6, 6.07) is 15.9. The Kier molecular flexibility index (Phi) is 6.76. The van der Waals surface area contributed by atoms with Crippen LogP contribution in [0.4, 0.5) is 5.69 Å². The number of anilines is 1. The first-order valence-corrected chi connectivity index (χ1v) is 10.3. The highest BCUT2D eigenvalue weighted by atomic mass is 32.2. The van der Waals surface area contributed by atoms with Gasteiger partial charge in [-0.05, 0) is 17.7 Å². The van der Waals surface area contributed by atoms with Crippen molar-refractivity contribution < 1.29 is 17.9 Å². The molecular weight excluding hydrogens is 352 g/mol. The first-order valence-electron chi connectivity index (χ1n) is 8.28. The number of carbonyl (C=O) groups excluding carboxylic acids is 1. The van der Waals surface area contributed by atoms with E-state index < -0.39 is 21.8 Å². The third kappa shape index (κ3) is 6.16. The summed E-state index contributed by atoms with van der Waals surface area (Å²) in [6.45, 7) is 1.84. The number of hydrogen-bond donors (Lipinski definition) is 2. The Hall–Kier alpha value is -2.38. The molecule has 2 unspecified atom stereocenters. The van der Waals surface area contributed by atoms with Crippen molar-refractivity contribution in [2.24, 2.45) is 11.7 Å². The zero-order valence-electron chi connectivity index (χ0n) is 14.9. The second kappa shape index (κ2) is 8.82. The van der Waals surface area contributed by atoms with Crippen LogP contribution in [0.5, 0.6) is 5.75 Å². The quantitative estimate of drug-likeness (QED) is 0.737. The molecular formula is C19H24N2O4S. The van der Waals surface area contributed by atoms with Crippen LogP contribution in [0.25, 0.3) is 0 Å². The Bertz CT molecular complexity index is 838. The Balaban J connectivity index is 1.97. The lowest BCUT2D eigenvalue weighted by molar-refractivity contribution is -0.120. The first kappa shape index (κ1) is 19.9. The number of nitrogens with one attached hydrogen (secondary N) is 1. The van der Waals surface area contributed by atoms with E-state index in [-0.39, 0.29) is 18.3 Å². The molecule has 26 heavy (non-hydrogen) atoms. The first-order chi connectivity index (χ1) is 12.3. The second-order valence-electron chi connectivity index (χ2n) is 6.22. The average Bonchev–Trinajstić information content (AvgIpc) is 2.60. The van der Waals surface area contributed by atoms with Gasteiger partial charge in [0, 0.05) is 24.1 Å². The summed E-state index contributed by atoms with van der Waals surface area (Å²) in [5, 5.41) is 2.82. The van der Waals surface area contributed by atoms with Gasteiger partial charge in [0.25, 0.3) is 0 Å². The molecule has 2 rings (SSSR count). The third-order valence-electron chi connectivity index (χ3n) is 3.96. The van der Waals surface area contributed by atoms with Gasteiger partial charge in [-0.25, -0.2) is 8.42 Å². The summed E-state index contributed by atoms with van der Waals surface area (Å²) in [5.74, 6) is -0.194.